The van der Waals surface area contributed by atoms with Crippen molar-refractivity contribution in [1.29, 1.82) is 0 Å². The van der Waals surface area contributed by atoms with E-state index in [0.717, 1.165) is 5.56 Å². The molecule has 0 radical (unpaired) electrons. The molecular weight excluding hydrogens is 270 g/mol. The van der Waals surface area contributed by atoms with Crippen molar-refractivity contribution in [2.75, 3.05) is 5.75 Å². The van der Waals surface area contributed by atoms with Crippen LogP contribution in [0, 0.1) is 5.41 Å². The van der Waals surface area contributed by atoms with E-state index in [0.29, 0.717) is 5.75 Å². The van der Waals surface area contributed by atoms with Gasteiger partial charge in [-0.2, -0.15) is 0 Å². The summed E-state index contributed by atoms with van der Waals surface area (Å²) in [4.78, 5) is 11.9. The van der Waals surface area contributed by atoms with Crippen LogP contribution in [0.2, 0.25) is 0 Å². The maximum absolute atomic E-state index is 11.9. The van der Waals surface area contributed by atoms with Gasteiger partial charge >= 0.3 is 0 Å². The van der Waals surface area contributed by atoms with Crippen molar-refractivity contribution in [2.24, 2.45) is 11.1 Å². The number of hydrogen-bond acceptors (Lipinski definition) is 3. The molecule has 0 aliphatic carbocycles. The third-order valence-corrected chi connectivity index (χ3v) is 4.00. The van der Waals surface area contributed by atoms with Gasteiger partial charge in [-0.15, -0.1) is 0 Å². The lowest BCUT2D eigenvalue weighted by Gasteiger charge is -2.21. The molecule has 2 atom stereocenters. The summed E-state index contributed by atoms with van der Waals surface area (Å²) in [5.74, 6) is 0.639. The first-order valence-electron chi connectivity index (χ1n) is 6.99. The van der Waals surface area contributed by atoms with Gasteiger partial charge in [-0.1, -0.05) is 65.0 Å². The second-order valence-corrected chi connectivity index (χ2v) is 6.96. The van der Waals surface area contributed by atoms with Crippen LogP contribution < -0.4 is 5.73 Å². The number of nitrogens with two attached hydrogens (primary N) is 1. The first kappa shape index (κ1) is 19.0. The lowest BCUT2D eigenvalue weighted by molar-refractivity contribution is -0.127. The molecule has 0 fully saturated rings. The Labute approximate surface area is 125 Å². The van der Waals surface area contributed by atoms with Crippen molar-refractivity contribution < 1.29 is 9.00 Å². The van der Waals surface area contributed by atoms with Crippen molar-refractivity contribution in [1.82, 2.24) is 0 Å². The third-order valence-electron chi connectivity index (χ3n) is 2.61. The molecule has 0 amide bonds. The summed E-state index contributed by atoms with van der Waals surface area (Å²) >= 11 is 0. The topological polar surface area (TPSA) is 60.2 Å². The fourth-order valence-electron chi connectivity index (χ4n) is 1.65. The molecule has 4 heteroatoms. The van der Waals surface area contributed by atoms with E-state index >= 15 is 0 Å². The van der Waals surface area contributed by atoms with Crippen molar-refractivity contribution in [3.05, 3.63) is 35.9 Å². The molecule has 2 unspecified atom stereocenters. The van der Waals surface area contributed by atoms with Gasteiger partial charge < -0.3 is 5.73 Å². The minimum absolute atomic E-state index is 0.0380. The molecule has 1 aromatic carbocycles. The minimum Gasteiger partial charge on any atom is -0.321 e. The van der Waals surface area contributed by atoms with Crippen molar-refractivity contribution in [3.63, 3.8) is 0 Å². The van der Waals surface area contributed by atoms with Gasteiger partial charge in [-0.05, 0) is 5.56 Å². The van der Waals surface area contributed by atoms with Crippen LogP contribution in [0.25, 0.3) is 0 Å². The SMILES string of the molecule is CC.CC(C)(C)C(=O)C(N)CS(=O)Cc1ccccc1. The Morgan fingerprint density at radius 3 is 2.15 bits per heavy atom. The Balaban J connectivity index is 0.00000172. The van der Waals surface area contributed by atoms with Crippen LogP contribution in [0.5, 0.6) is 0 Å². The summed E-state index contributed by atoms with van der Waals surface area (Å²) in [5, 5.41) is 0. The van der Waals surface area contributed by atoms with E-state index < -0.39 is 22.3 Å². The molecule has 114 valence electrons. The molecule has 2 N–H and O–H groups in total. The fraction of sp³-hybridized carbons (Fsp3) is 0.562. The molecule has 20 heavy (non-hydrogen) atoms. The third kappa shape index (κ3) is 6.96. The summed E-state index contributed by atoms with van der Waals surface area (Å²) < 4.78 is 11.9. The monoisotopic (exact) mass is 297 g/mol. The molecule has 0 heterocycles. The first-order valence-corrected chi connectivity index (χ1v) is 8.48. The molecule has 3 nitrogen and oxygen atoms in total. The minimum atomic E-state index is -1.10. The van der Waals surface area contributed by atoms with E-state index in [2.05, 4.69) is 0 Å². The predicted molar refractivity (Wildman–Crippen MR) is 86.9 cm³/mol. The molecule has 1 rings (SSSR count). The van der Waals surface area contributed by atoms with Crippen molar-refractivity contribution >= 4 is 16.6 Å². The molecule has 1 aromatic rings. The highest BCUT2D eigenvalue weighted by Crippen LogP contribution is 2.16. The summed E-state index contributed by atoms with van der Waals surface area (Å²) in [6, 6.07) is 8.94. The lowest BCUT2D eigenvalue weighted by Crippen LogP contribution is -2.42. The zero-order chi connectivity index (χ0) is 15.8. The van der Waals surface area contributed by atoms with Gasteiger partial charge in [0.1, 0.15) is 0 Å². The Bertz CT molecular complexity index is 424. The van der Waals surface area contributed by atoms with E-state index in [4.69, 9.17) is 5.73 Å². The van der Waals surface area contributed by atoms with Crippen LogP contribution in [-0.2, 0) is 21.3 Å². The number of carbonyl (C=O) groups excluding carboxylic acids is 1. The lowest BCUT2D eigenvalue weighted by atomic mass is 9.87. The number of hydrogen-bond donors (Lipinski definition) is 1. The van der Waals surface area contributed by atoms with Crippen molar-refractivity contribution in [3.8, 4) is 0 Å². The molecular formula is C16H27NO2S. The number of benzene rings is 1. The highest BCUT2D eigenvalue weighted by molar-refractivity contribution is 7.84. The summed E-state index contributed by atoms with van der Waals surface area (Å²) in [5.41, 5.74) is 6.35. The number of rotatable bonds is 5. The summed E-state index contributed by atoms with van der Waals surface area (Å²) in [7, 11) is -1.10. The second-order valence-electron chi connectivity index (χ2n) is 5.46. The number of Topliss-reactive ketones (excluding diaryl/α,β-unsaturated/α-hetero) is 1. The number of carbonyl (C=O) groups is 1. The molecule has 0 saturated heterocycles. The predicted octanol–water partition coefficient (Wildman–Crippen LogP) is 2.90. The fourth-order valence-corrected chi connectivity index (χ4v) is 2.89. The van der Waals surface area contributed by atoms with E-state index in [1.165, 1.54) is 0 Å². The Morgan fingerprint density at radius 1 is 1.20 bits per heavy atom. The summed E-state index contributed by atoms with van der Waals surface area (Å²) in [6.45, 7) is 9.49. The van der Waals surface area contributed by atoms with E-state index in [1.54, 1.807) is 0 Å². The largest absolute Gasteiger partial charge is 0.321 e. The van der Waals surface area contributed by atoms with Gasteiger partial charge in [-0.25, -0.2) is 0 Å². The normalized spacial score (nSPS) is 13.9. The zero-order valence-corrected chi connectivity index (χ0v) is 14.0. The molecule has 0 aromatic heterocycles. The number of ketones is 1. The van der Waals surface area contributed by atoms with Crippen LogP contribution >= 0.6 is 0 Å². The van der Waals surface area contributed by atoms with Crippen LogP contribution in [0.1, 0.15) is 40.2 Å². The smallest absolute Gasteiger partial charge is 0.155 e. The molecule has 0 saturated carbocycles. The van der Waals surface area contributed by atoms with Gasteiger partial charge in [0.05, 0.1) is 6.04 Å². The van der Waals surface area contributed by atoms with Crippen molar-refractivity contribution in [2.45, 2.75) is 46.4 Å². The van der Waals surface area contributed by atoms with E-state index in [9.17, 15) is 9.00 Å². The molecule has 0 bridgehead atoms. The standard InChI is InChI=1S/C14H21NO2S.C2H6/c1-14(2,3)13(16)12(15)10-18(17)9-11-7-5-4-6-8-11;1-2/h4-8,12H,9-10,15H2,1-3H3;1-2H3. The second kappa shape index (κ2) is 9.03. The Morgan fingerprint density at radius 2 is 1.70 bits per heavy atom. The van der Waals surface area contributed by atoms with Gasteiger partial charge in [-0.3, -0.25) is 9.00 Å². The Hall–Kier alpha value is -1.00. The molecule has 0 aliphatic heterocycles. The van der Waals surface area contributed by atoms with Gasteiger partial charge in [0.25, 0.3) is 0 Å². The zero-order valence-electron chi connectivity index (χ0n) is 13.2. The van der Waals surface area contributed by atoms with Crippen LogP contribution in [-0.4, -0.2) is 21.8 Å². The average molecular weight is 297 g/mol. The van der Waals surface area contributed by atoms with Crippen LogP contribution in [0.4, 0.5) is 0 Å². The van der Waals surface area contributed by atoms with Crippen LogP contribution in [0.15, 0.2) is 30.3 Å². The molecule has 0 aliphatic rings. The van der Waals surface area contributed by atoms with E-state index in [-0.39, 0.29) is 11.5 Å². The highest BCUT2D eigenvalue weighted by atomic mass is 32.2. The van der Waals surface area contributed by atoms with Gasteiger partial charge in [0, 0.05) is 27.7 Å². The van der Waals surface area contributed by atoms with Crippen LogP contribution in [0.3, 0.4) is 0 Å². The van der Waals surface area contributed by atoms with Gasteiger partial charge in [0.2, 0.25) is 0 Å². The average Bonchev–Trinajstić information content (AvgIpc) is 2.40. The maximum Gasteiger partial charge on any atom is 0.155 e. The van der Waals surface area contributed by atoms with E-state index in [1.807, 2.05) is 65.0 Å². The summed E-state index contributed by atoms with van der Waals surface area (Å²) in [6.07, 6.45) is 0. The Kier molecular flexibility index (Phi) is 8.58. The highest BCUT2D eigenvalue weighted by Gasteiger charge is 2.28. The molecule has 0 spiro atoms. The van der Waals surface area contributed by atoms with Gasteiger partial charge in [0.15, 0.2) is 5.78 Å². The quantitative estimate of drug-likeness (QED) is 0.909. The first-order chi connectivity index (χ1) is 9.30. The maximum atomic E-state index is 11.9.